The molecule has 0 bridgehead atoms. The number of rotatable bonds is 7. The van der Waals surface area contributed by atoms with Gasteiger partial charge >= 0.3 is 5.69 Å². The van der Waals surface area contributed by atoms with Crippen LogP contribution in [0.5, 0.6) is 5.75 Å². The van der Waals surface area contributed by atoms with E-state index in [-0.39, 0.29) is 11.4 Å². The number of carbonyl (C=O) groups is 1. The molecule has 10 heteroatoms. The molecule has 1 heterocycles. The first-order valence-electron chi connectivity index (χ1n) is 7.82. The van der Waals surface area contributed by atoms with Crippen molar-refractivity contribution in [1.29, 1.82) is 0 Å². The van der Waals surface area contributed by atoms with Crippen LogP contribution in [0.4, 0.5) is 11.4 Å². The summed E-state index contributed by atoms with van der Waals surface area (Å²) in [7, 11) is 0. The second-order valence-electron chi connectivity index (χ2n) is 6.28. The Morgan fingerprint density at radius 3 is 2.88 bits per heavy atom. The van der Waals surface area contributed by atoms with Crippen molar-refractivity contribution in [3.05, 3.63) is 28.3 Å². The van der Waals surface area contributed by atoms with Gasteiger partial charge in [0.2, 0.25) is 0 Å². The largest absolute Gasteiger partial charge is 0.487 e. The molecule has 136 valence electrons. The van der Waals surface area contributed by atoms with Crippen molar-refractivity contribution in [2.45, 2.75) is 32.7 Å². The molecular formula is C15H22N6O4. The van der Waals surface area contributed by atoms with Gasteiger partial charge in [-0.25, -0.2) is 5.84 Å². The number of hydrogen-bond acceptors (Lipinski definition) is 8. The molecule has 4 N–H and O–H groups in total. The van der Waals surface area contributed by atoms with Gasteiger partial charge in [-0.2, -0.15) is 15.6 Å². The summed E-state index contributed by atoms with van der Waals surface area (Å²) in [5, 5.41) is 16.7. The SMILES string of the molecule is CC(C)CCOc1ccc(N2N=CC(C)(C(=O)NN)N2)cc1[N+](=O)[O-]. The van der Waals surface area contributed by atoms with E-state index in [1.54, 1.807) is 13.0 Å². The minimum Gasteiger partial charge on any atom is -0.487 e. The topological polar surface area (TPSA) is 135 Å². The molecule has 1 aliphatic rings. The summed E-state index contributed by atoms with van der Waals surface area (Å²) in [6.07, 6.45) is 2.16. The third-order valence-corrected chi connectivity index (χ3v) is 3.71. The second kappa shape index (κ2) is 7.45. The van der Waals surface area contributed by atoms with E-state index in [0.717, 1.165) is 6.42 Å². The first kappa shape index (κ1) is 18.6. The van der Waals surface area contributed by atoms with Gasteiger partial charge in [0, 0.05) is 6.07 Å². The fourth-order valence-corrected chi connectivity index (χ4v) is 2.15. The van der Waals surface area contributed by atoms with Crippen LogP contribution in [0.1, 0.15) is 27.2 Å². The number of nitro groups is 1. The highest BCUT2D eigenvalue weighted by Gasteiger charge is 2.38. The molecule has 0 radical (unpaired) electrons. The highest BCUT2D eigenvalue weighted by Crippen LogP contribution is 2.32. The maximum atomic E-state index is 11.8. The molecule has 1 aromatic carbocycles. The van der Waals surface area contributed by atoms with Gasteiger partial charge in [-0.15, -0.1) is 0 Å². The molecule has 1 aliphatic heterocycles. The smallest absolute Gasteiger partial charge is 0.313 e. The van der Waals surface area contributed by atoms with Gasteiger partial charge in [0.1, 0.15) is 0 Å². The maximum Gasteiger partial charge on any atom is 0.313 e. The summed E-state index contributed by atoms with van der Waals surface area (Å²) >= 11 is 0. The van der Waals surface area contributed by atoms with Crippen molar-refractivity contribution in [2.75, 3.05) is 11.7 Å². The molecule has 1 amide bonds. The van der Waals surface area contributed by atoms with Gasteiger partial charge in [0.25, 0.3) is 5.91 Å². The van der Waals surface area contributed by atoms with Crippen LogP contribution in [-0.2, 0) is 4.79 Å². The fraction of sp³-hybridized carbons (Fsp3) is 0.467. The lowest BCUT2D eigenvalue weighted by atomic mass is 10.1. The van der Waals surface area contributed by atoms with Crippen LogP contribution < -0.4 is 26.5 Å². The van der Waals surface area contributed by atoms with Crippen LogP contribution in [0.3, 0.4) is 0 Å². The number of benzene rings is 1. The van der Waals surface area contributed by atoms with E-state index in [4.69, 9.17) is 10.6 Å². The lowest BCUT2D eigenvalue weighted by Crippen LogP contribution is -2.58. The number of hydrazine groups is 2. The molecule has 25 heavy (non-hydrogen) atoms. The van der Waals surface area contributed by atoms with E-state index in [1.807, 2.05) is 19.3 Å². The summed E-state index contributed by atoms with van der Waals surface area (Å²) < 4.78 is 5.52. The Morgan fingerprint density at radius 2 is 2.28 bits per heavy atom. The zero-order valence-corrected chi connectivity index (χ0v) is 14.4. The maximum absolute atomic E-state index is 11.8. The monoisotopic (exact) mass is 350 g/mol. The Kier molecular flexibility index (Phi) is 5.55. The number of nitrogens with one attached hydrogen (secondary N) is 2. The Hall–Kier alpha value is -2.72. The number of hydrazone groups is 1. The molecular weight excluding hydrogens is 328 g/mol. The fourth-order valence-electron chi connectivity index (χ4n) is 2.15. The molecule has 10 nitrogen and oxygen atoms in total. The predicted molar refractivity (Wildman–Crippen MR) is 92.9 cm³/mol. The molecule has 0 fully saturated rings. The summed E-state index contributed by atoms with van der Waals surface area (Å²) in [4.78, 5) is 22.6. The number of hydrogen-bond donors (Lipinski definition) is 3. The van der Waals surface area contributed by atoms with Crippen molar-refractivity contribution >= 4 is 23.5 Å². The number of amides is 1. The van der Waals surface area contributed by atoms with Gasteiger partial charge in [-0.3, -0.25) is 20.3 Å². The van der Waals surface area contributed by atoms with Crippen LogP contribution in [-0.4, -0.2) is 29.2 Å². The normalized spacial score (nSPS) is 19.3. The Balaban J connectivity index is 2.18. The minimum atomic E-state index is -1.14. The zero-order chi connectivity index (χ0) is 18.6. The minimum absolute atomic E-state index is 0.171. The third-order valence-electron chi connectivity index (χ3n) is 3.71. The van der Waals surface area contributed by atoms with Crippen LogP contribution in [0, 0.1) is 16.0 Å². The summed E-state index contributed by atoms with van der Waals surface area (Å²) in [6.45, 7) is 6.07. The lowest BCUT2D eigenvalue weighted by Gasteiger charge is -2.23. The van der Waals surface area contributed by atoms with Gasteiger partial charge in [-0.05, 0) is 31.4 Å². The Labute approximate surface area is 145 Å². The third kappa shape index (κ3) is 4.22. The van der Waals surface area contributed by atoms with Crippen molar-refractivity contribution in [3.63, 3.8) is 0 Å². The van der Waals surface area contributed by atoms with Gasteiger partial charge < -0.3 is 4.74 Å². The van der Waals surface area contributed by atoms with Crippen LogP contribution in [0.2, 0.25) is 0 Å². The van der Waals surface area contributed by atoms with E-state index < -0.39 is 16.4 Å². The Bertz CT molecular complexity index is 693. The summed E-state index contributed by atoms with van der Waals surface area (Å²) in [6, 6.07) is 4.47. The van der Waals surface area contributed by atoms with E-state index in [0.29, 0.717) is 18.2 Å². The average Bonchev–Trinajstić information content (AvgIpc) is 2.97. The molecule has 1 unspecified atom stereocenters. The second-order valence-corrected chi connectivity index (χ2v) is 6.28. The van der Waals surface area contributed by atoms with Crippen LogP contribution in [0.25, 0.3) is 0 Å². The molecule has 0 saturated heterocycles. The van der Waals surface area contributed by atoms with Gasteiger partial charge in [0.05, 0.1) is 23.4 Å². The molecule has 2 rings (SSSR count). The van der Waals surface area contributed by atoms with Gasteiger partial charge in [-0.1, -0.05) is 13.8 Å². The van der Waals surface area contributed by atoms with Crippen molar-refractivity contribution in [2.24, 2.45) is 16.9 Å². The van der Waals surface area contributed by atoms with Gasteiger partial charge in [0.15, 0.2) is 11.3 Å². The van der Waals surface area contributed by atoms with Crippen molar-refractivity contribution < 1.29 is 14.5 Å². The quantitative estimate of drug-likeness (QED) is 0.290. The molecule has 0 aliphatic carbocycles. The molecule has 0 aromatic heterocycles. The first-order valence-corrected chi connectivity index (χ1v) is 7.82. The highest BCUT2D eigenvalue weighted by atomic mass is 16.6. The summed E-state index contributed by atoms with van der Waals surface area (Å²) in [5.74, 6) is 5.29. The number of ether oxygens (including phenoxy) is 1. The molecule has 0 saturated carbocycles. The van der Waals surface area contributed by atoms with Crippen LogP contribution in [0.15, 0.2) is 23.3 Å². The molecule has 1 aromatic rings. The van der Waals surface area contributed by atoms with E-state index in [9.17, 15) is 14.9 Å². The van der Waals surface area contributed by atoms with E-state index in [1.165, 1.54) is 23.5 Å². The number of carbonyl (C=O) groups excluding carboxylic acids is 1. The van der Waals surface area contributed by atoms with Crippen LogP contribution >= 0.6 is 0 Å². The molecule has 1 atom stereocenters. The van der Waals surface area contributed by atoms with E-state index >= 15 is 0 Å². The summed E-state index contributed by atoms with van der Waals surface area (Å²) in [5.41, 5.74) is 3.96. The van der Waals surface area contributed by atoms with Crippen molar-refractivity contribution in [3.8, 4) is 5.75 Å². The Morgan fingerprint density at radius 1 is 1.56 bits per heavy atom. The first-order chi connectivity index (χ1) is 11.8. The highest BCUT2D eigenvalue weighted by molar-refractivity contribution is 6.04. The number of nitrogens with two attached hydrogens (primary N) is 1. The number of nitro benzene ring substituents is 1. The van der Waals surface area contributed by atoms with E-state index in [2.05, 4.69) is 10.5 Å². The van der Waals surface area contributed by atoms with Crippen molar-refractivity contribution in [1.82, 2.24) is 10.9 Å². The predicted octanol–water partition coefficient (Wildman–Crippen LogP) is 1.08. The average molecular weight is 350 g/mol. The standard InChI is InChI=1S/C15H22N6O4/c1-10(2)6-7-25-13-5-4-11(8-12(13)21(23)24)20-17-9-15(3,19-20)14(22)18-16/h4-5,8-10,19H,6-7,16H2,1-3H3,(H,18,22). The number of anilines is 1. The number of nitrogens with zero attached hydrogens (tertiary/aromatic N) is 3. The molecule has 0 spiro atoms. The zero-order valence-electron chi connectivity index (χ0n) is 14.4. The lowest BCUT2D eigenvalue weighted by molar-refractivity contribution is -0.385.